The average molecular weight is 1040 g/mol. The van der Waals surface area contributed by atoms with Gasteiger partial charge in [0.05, 0.1) is 9.52 Å². The second-order valence-electron chi connectivity index (χ2n) is 18.1. The van der Waals surface area contributed by atoms with Crippen LogP contribution in [0.25, 0.3) is 77.2 Å². The Morgan fingerprint density at radius 3 is 1.31 bits per heavy atom. The maximum absolute atomic E-state index is 4.93. The number of hydrogen-bond acceptors (Lipinski definition) is 0. The Balaban J connectivity index is 0.000000144. The van der Waals surface area contributed by atoms with Crippen LogP contribution >= 0.6 is 17.0 Å². The summed E-state index contributed by atoms with van der Waals surface area (Å²) < 4.78 is 0. The fraction of sp³-hybridized carbons (Fsp3) is 0.182. The molecule has 0 nitrogen and oxygen atoms in total. The average Bonchev–Trinajstić information content (AvgIpc) is 4.17. The minimum atomic E-state index is -0.826. The van der Waals surface area contributed by atoms with E-state index in [0.717, 1.165) is 22.4 Å². The Morgan fingerprint density at radius 1 is 0.471 bits per heavy atom. The van der Waals surface area contributed by atoms with E-state index in [1.165, 1.54) is 123 Å². The molecule has 11 rings (SSSR count). The molecule has 1 heterocycles. The molecule has 0 spiro atoms. The summed E-state index contributed by atoms with van der Waals surface area (Å²) in [5.74, 6) is 1.19. The Labute approximate surface area is 439 Å². The van der Waals surface area contributed by atoms with Gasteiger partial charge in [0.2, 0.25) is 0 Å². The van der Waals surface area contributed by atoms with Crippen molar-refractivity contribution in [3.8, 4) is 55.6 Å². The minimum absolute atomic E-state index is 0.597. The molecule has 0 aromatic heterocycles. The Hall–Kier alpha value is -5.34. The molecule has 0 amide bonds. The SMILES string of the molecule is CCc1ccc2[cH-]c(C(C)CC)cc2c1-c1ccccc1-c1ccccc1.CCc1ccc2[cH-]c(C(C)CC)cc2c1-c1ccccc1-c1ccccc1.[Cl][Zr][Cl].[c-]1cccc2c1[Si]c1ccccc1-2. The molecule has 70 heavy (non-hydrogen) atoms. The Morgan fingerprint density at radius 2 is 0.871 bits per heavy atom. The maximum Gasteiger partial charge on any atom is 0.0920 e. The third kappa shape index (κ3) is 11.4. The first-order valence-electron chi connectivity index (χ1n) is 24.9. The van der Waals surface area contributed by atoms with Gasteiger partial charge in [-0.25, -0.2) is 0 Å². The van der Waals surface area contributed by atoms with Crippen LogP contribution in [0.1, 0.15) is 88.5 Å². The third-order valence-corrected chi connectivity index (χ3v) is 15.4. The summed E-state index contributed by atoms with van der Waals surface area (Å²) >= 11 is -0.826. The van der Waals surface area contributed by atoms with Crippen LogP contribution in [0.15, 0.2) is 200 Å². The van der Waals surface area contributed by atoms with Gasteiger partial charge in [0, 0.05) is 0 Å². The summed E-state index contributed by atoms with van der Waals surface area (Å²) in [5.41, 5.74) is 19.2. The second-order valence-corrected chi connectivity index (χ2v) is 23.2. The van der Waals surface area contributed by atoms with Crippen molar-refractivity contribution in [3.63, 3.8) is 0 Å². The van der Waals surface area contributed by atoms with Crippen LogP contribution in [0, 0.1) is 6.07 Å². The van der Waals surface area contributed by atoms with Crippen LogP contribution in [0.4, 0.5) is 0 Å². The molecule has 10 aromatic rings. The van der Waals surface area contributed by atoms with Gasteiger partial charge < -0.3 is 0 Å². The monoisotopic (exact) mass is 1040 g/mol. The van der Waals surface area contributed by atoms with E-state index in [4.69, 9.17) is 17.0 Å². The summed E-state index contributed by atoms with van der Waals surface area (Å²) in [5, 5.41) is 8.34. The molecule has 0 bridgehead atoms. The zero-order valence-electron chi connectivity index (χ0n) is 41.3. The molecule has 0 fully saturated rings. The molecule has 0 aliphatic carbocycles. The number of aryl methyl sites for hydroxylation is 2. The van der Waals surface area contributed by atoms with Crippen molar-refractivity contribution in [3.05, 3.63) is 229 Å². The van der Waals surface area contributed by atoms with Crippen LogP contribution in [0.3, 0.4) is 0 Å². The van der Waals surface area contributed by atoms with Crippen molar-refractivity contribution < 1.29 is 20.8 Å². The molecule has 0 saturated heterocycles. The number of hydrogen-bond donors (Lipinski definition) is 0. The van der Waals surface area contributed by atoms with Crippen molar-refractivity contribution in [2.45, 2.75) is 79.1 Å². The molecule has 0 saturated carbocycles. The van der Waals surface area contributed by atoms with Gasteiger partial charge in [0.25, 0.3) is 0 Å². The minimum Gasteiger partial charge on any atom is -0.184 e. The van der Waals surface area contributed by atoms with E-state index in [1.54, 1.807) is 0 Å². The maximum atomic E-state index is 4.93. The molecule has 2 radical (unpaired) electrons. The molecule has 350 valence electrons. The van der Waals surface area contributed by atoms with E-state index in [9.17, 15) is 0 Å². The van der Waals surface area contributed by atoms with E-state index in [2.05, 4.69) is 242 Å². The number of halogens is 2. The van der Waals surface area contributed by atoms with Gasteiger partial charge in [0.15, 0.2) is 0 Å². The first kappa shape index (κ1) is 51.0. The van der Waals surface area contributed by atoms with E-state index in [-0.39, 0.29) is 0 Å². The quantitative estimate of drug-likeness (QED) is 0.0946. The summed E-state index contributed by atoms with van der Waals surface area (Å²) in [7, 11) is 10.7. The van der Waals surface area contributed by atoms with Gasteiger partial charge in [-0.15, -0.1) is 74.6 Å². The molecule has 1 aliphatic heterocycles. The summed E-state index contributed by atoms with van der Waals surface area (Å²) in [6.07, 6.45) is 4.43. The summed E-state index contributed by atoms with van der Waals surface area (Å²) in [6, 6.07) is 76.2. The van der Waals surface area contributed by atoms with E-state index in [1.807, 2.05) is 6.07 Å². The van der Waals surface area contributed by atoms with Crippen LogP contribution < -0.4 is 10.4 Å². The van der Waals surface area contributed by atoms with Crippen molar-refractivity contribution in [2.75, 3.05) is 0 Å². The Bertz CT molecular complexity index is 3050. The molecule has 2 unspecified atom stereocenters. The van der Waals surface area contributed by atoms with E-state index < -0.39 is 20.8 Å². The largest absolute Gasteiger partial charge is 0.184 e. The first-order chi connectivity index (χ1) is 34.3. The zero-order chi connectivity index (χ0) is 49.0. The predicted octanol–water partition coefficient (Wildman–Crippen LogP) is 18.4. The van der Waals surface area contributed by atoms with Gasteiger partial charge >= 0.3 is 37.9 Å². The van der Waals surface area contributed by atoms with Crippen LogP contribution in [0.5, 0.6) is 0 Å². The first-order valence-corrected chi connectivity index (χ1v) is 32.2. The molecular weight excluding hydrogens is 983 g/mol. The van der Waals surface area contributed by atoms with E-state index >= 15 is 0 Å². The Kier molecular flexibility index (Phi) is 18.0. The third-order valence-electron chi connectivity index (χ3n) is 14.0. The van der Waals surface area contributed by atoms with Crippen molar-refractivity contribution in [1.29, 1.82) is 0 Å². The van der Waals surface area contributed by atoms with Gasteiger partial charge in [-0.2, -0.15) is 41.6 Å². The normalized spacial score (nSPS) is 12.1. The molecule has 4 heteroatoms. The number of benzene rings is 8. The fourth-order valence-corrected chi connectivity index (χ4v) is 11.1. The fourth-order valence-electron chi connectivity index (χ4n) is 9.83. The molecular formula is C66H61Cl2SiZr-3. The van der Waals surface area contributed by atoms with Crippen LogP contribution in [-0.4, -0.2) is 9.52 Å². The standard InChI is InChI=1S/2C27H27.C12H7Si.2ClH.Zr/c2*1-4-19(3)23-17-22-16-15-20(5-2)27(26(22)18-23)25-14-10-9-13-24(25)21-11-7-6-8-12-21;1-3-7-11-9(5-1)10-6-2-4-8-12(10)13-11;;;/h2*6-19H,4-5H2,1-3H3;1-7H;2*1H;/q3*-1;;;+2/p-2. The van der Waals surface area contributed by atoms with Gasteiger partial charge in [-0.3, -0.25) is 0 Å². The van der Waals surface area contributed by atoms with Gasteiger partial charge in [-0.1, -0.05) is 221 Å². The van der Waals surface area contributed by atoms with E-state index in [0.29, 0.717) is 11.8 Å². The predicted molar refractivity (Wildman–Crippen MR) is 304 cm³/mol. The van der Waals surface area contributed by atoms with Crippen molar-refractivity contribution >= 4 is 58.5 Å². The van der Waals surface area contributed by atoms with Crippen molar-refractivity contribution in [2.24, 2.45) is 0 Å². The molecule has 0 N–H and O–H groups in total. The van der Waals surface area contributed by atoms with Gasteiger partial charge in [-0.05, 0) is 58.1 Å². The zero-order valence-corrected chi connectivity index (χ0v) is 46.3. The second kappa shape index (κ2) is 24.7. The number of rotatable bonds is 10. The van der Waals surface area contributed by atoms with Crippen molar-refractivity contribution in [1.82, 2.24) is 0 Å². The molecule has 1 aliphatic rings. The smallest absolute Gasteiger partial charge is 0.0920 e. The summed E-state index contributed by atoms with van der Waals surface area (Å²) in [6.45, 7) is 13.7. The summed E-state index contributed by atoms with van der Waals surface area (Å²) in [4.78, 5) is 0. The van der Waals surface area contributed by atoms with Crippen LogP contribution in [0.2, 0.25) is 0 Å². The number of fused-ring (bicyclic) bond motifs is 5. The molecule has 2 atom stereocenters. The van der Waals surface area contributed by atoms with Crippen LogP contribution in [-0.2, 0) is 33.7 Å². The molecule has 10 aromatic carbocycles. The van der Waals surface area contributed by atoms with Gasteiger partial charge in [0.1, 0.15) is 0 Å². The topological polar surface area (TPSA) is 0 Å².